The summed E-state index contributed by atoms with van der Waals surface area (Å²) in [5.74, 6) is 0. The lowest BCUT2D eigenvalue weighted by Crippen LogP contribution is -2.45. The molecule has 0 aromatic rings. The van der Waals surface area contributed by atoms with Gasteiger partial charge in [0, 0.05) is 32.2 Å². The highest BCUT2D eigenvalue weighted by Crippen LogP contribution is 2.18. The predicted molar refractivity (Wildman–Crippen MR) is 57.4 cm³/mol. The van der Waals surface area contributed by atoms with Gasteiger partial charge in [0.05, 0.1) is 25.3 Å². The third-order valence-electron chi connectivity index (χ3n) is 3.49. The number of nitrogens with zero attached hydrogens (tertiary/aromatic N) is 3. The molecule has 2 aliphatic rings. The standard InChI is InChI=1S/C11H19N3O/c1-10(8-12)14-3-2-11(9-14)13-4-6-15-7-5-13/h10-11H,2-7,9H2,1H3. The molecule has 84 valence electrons. The molecule has 4 heteroatoms. The van der Waals surface area contributed by atoms with E-state index >= 15 is 0 Å². The van der Waals surface area contributed by atoms with E-state index in [-0.39, 0.29) is 6.04 Å². The number of morpholine rings is 1. The number of hydrogen-bond acceptors (Lipinski definition) is 4. The van der Waals surface area contributed by atoms with Gasteiger partial charge in [-0.05, 0) is 13.3 Å². The zero-order valence-electron chi connectivity index (χ0n) is 9.35. The summed E-state index contributed by atoms with van der Waals surface area (Å²) in [5, 5.41) is 8.87. The normalized spacial score (nSPS) is 31.3. The van der Waals surface area contributed by atoms with Crippen LogP contribution in [0.15, 0.2) is 0 Å². The minimum Gasteiger partial charge on any atom is -0.379 e. The van der Waals surface area contributed by atoms with Crippen molar-refractivity contribution in [2.45, 2.75) is 25.4 Å². The van der Waals surface area contributed by atoms with Gasteiger partial charge in [0.25, 0.3) is 0 Å². The third kappa shape index (κ3) is 2.49. The summed E-state index contributed by atoms with van der Waals surface area (Å²) >= 11 is 0. The zero-order chi connectivity index (χ0) is 10.7. The van der Waals surface area contributed by atoms with Crippen LogP contribution < -0.4 is 0 Å². The topological polar surface area (TPSA) is 39.5 Å². The lowest BCUT2D eigenvalue weighted by atomic mass is 10.2. The Bertz CT molecular complexity index is 245. The van der Waals surface area contributed by atoms with Crippen LogP contribution >= 0.6 is 0 Å². The Kier molecular flexibility index (Phi) is 3.57. The molecule has 0 aromatic heterocycles. The maximum Gasteiger partial charge on any atom is 0.0949 e. The minimum atomic E-state index is 0.0658. The summed E-state index contributed by atoms with van der Waals surface area (Å²) in [7, 11) is 0. The Balaban J connectivity index is 1.84. The first-order valence-corrected chi connectivity index (χ1v) is 5.76. The second-order valence-corrected chi connectivity index (χ2v) is 4.39. The predicted octanol–water partition coefficient (Wildman–Crippen LogP) is 0.305. The molecule has 2 aliphatic heterocycles. The molecule has 2 rings (SSSR count). The number of hydrogen-bond donors (Lipinski definition) is 0. The molecule has 2 atom stereocenters. The van der Waals surface area contributed by atoms with E-state index in [2.05, 4.69) is 15.9 Å². The molecule has 0 radical (unpaired) electrons. The smallest absolute Gasteiger partial charge is 0.0949 e. The van der Waals surface area contributed by atoms with Gasteiger partial charge in [0.2, 0.25) is 0 Å². The quantitative estimate of drug-likeness (QED) is 0.656. The van der Waals surface area contributed by atoms with Crippen molar-refractivity contribution in [3.05, 3.63) is 0 Å². The molecule has 2 heterocycles. The van der Waals surface area contributed by atoms with Crippen molar-refractivity contribution < 1.29 is 4.74 Å². The largest absolute Gasteiger partial charge is 0.379 e. The molecule has 2 fully saturated rings. The molecule has 0 bridgehead atoms. The molecule has 0 saturated carbocycles. The molecule has 0 N–H and O–H groups in total. The fourth-order valence-corrected chi connectivity index (χ4v) is 2.44. The maximum absolute atomic E-state index is 8.87. The third-order valence-corrected chi connectivity index (χ3v) is 3.49. The van der Waals surface area contributed by atoms with Crippen molar-refractivity contribution in [2.75, 3.05) is 39.4 Å². The molecule has 2 unspecified atom stereocenters. The Morgan fingerprint density at radius 1 is 1.33 bits per heavy atom. The van der Waals surface area contributed by atoms with Crippen LogP contribution in [0.5, 0.6) is 0 Å². The Morgan fingerprint density at radius 3 is 2.73 bits per heavy atom. The van der Waals surface area contributed by atoms with Crippen LogP contribution in [0.2, 0.25) is 0 Å². The molecule has 0 aliphatic carbocycles. The lowest BCUT2D eigenvalue weighted by molar-refractivity contribution is 0.0182. The van der Waals surface area contributed by atoms with Gasteiger partial charge >= 0.3 is 0 Å². The van der Waals surface area contributed by atoms with Crippen LogP contribution in [0.1, 0.15) is 13.3 Å². The van der Waals surface area contributed by atoms with Crippen LogP contribution in [0, 0.1) is 11.3 Å². The van der Waals surface area contributed by atoms with Crippen molar-refractivity contribution >= 4 is 0 Å². The highest BCUT2D eigenvalue weighted by atomic mass is 16.5. The Morgan fingerprint density at radius 2 is 2.07 bits per heavy atom. The van der Waals surface area contributed by atoms with Crippen molar-refractivity contribution in [1.29, 1.82) is 5.26 Å². The number of rotatable bonds is 2. The maximum atomic E-state index is 8.87. The van der Waals surface area contributed by atoms with E-state index < -0.39 is 0 Å². The molecule has 15 heavy (non-hydrogen) atoms. The molecule has 0 spiro atoms. The van der Waals surface area contributed by atoms with E-state index in [0.29, 0.717) is 6.04 Å². The fourth-order valence-electron chi connectivity index (χ4n) is 2.44. The van der Waals surface area contributed by atoms with Crippen LogP contribution in [0.25, 0.3) is 0 Å². The fraction of sp³-hybridized carbons (Fsp3) is 0.909. The molecule has 2 saturated heterocycles. The van der Waals surface area contributed by atoms with Gasteiger partial charge in [0.15, 0.2) is 0 Å². The molecular weight excluding hydrogens is 190 g/mol. The second-order valence-electron chi connectivity index (χ2n) is 4.39. The summed E-state index contributed by atoms with van der Waals surface area (Å²) < 4.78 is 5.35. The average Bonchev–Trinajstić information content (AvgIpc) is 2.78. The Labute approximate surface area is 91.4 Å². The first-order valence-electron chi connectivity index (χ1n) is 5.76. The van der Waals surface area contributed by atoms with E-state index in [4.69, 9.17) is 10.00 Å². The highest BCUT2D eigenvalue weighted by Gasteiger charge is 2.30. The number of nitriles is 1. The van der Waals surface area contributed by atoms with E-state index in [0.717, 1.165) is 39.4 Å². The molecule has 0 aromatic carbocycles. The van der Waals surface area contributed by atoms with E-state index in [9.17, 15) is 0 Å². The van der Waals surface area contributed by atoms with Crippen LogP contribution in [-0.4, -0.2) is 61.3 Å². The molecule has 0 amide bonds. The molecule has 4 nitrogen and oxygen atoms in total. The van der Waals surface area contributed by atoms with Crippen molar-refractivity contribution in [1.82, 2.24) is 9.80 Å². The lowest BCUT2D eigenvalue weighted by Gasteiger charge is -2.32. The summed E-state index contributed by atoms with van der Waals surface area (Å²) in [5.41, 5.74) is 0. The average molecular weight is 209 g/mol. The molecular formula is C11H19N3O. The summed E-state index contributed by atoms with van der Waals surface area (Å²) in [4.78, 5) is 4.79. The SMILES string of the molecule is CC(C#N)N1CCC(N2CCOCC2)C1. The summed E-state index contributed by atoms with van der Waals surface area (Å²) in [6.07, 6.45) is 1.20. The summed E-state index contributed by atoms with van der Waals surface area (Å²) in [6, 6.07) is 3.02. The van der Waals surface area contributed by atoms with Gasteiger partial charge in [-0.25, -0.2) is 0 Å². The first-order chi connectivity index (χ1) is 7.31. The minimum absolute atomic E-state index is 0.0658. The van der Waals surface area contributed by atoms with Crippen molar-refractivity contribution in [2.24, 2.45) is 0 Å². The van der Waals surface area contributed by atoms with E-state index in [1.165, 1.54) is 6.42 Å². The summed E-state index contributed by atoms with van der Waals surface area (Å²) in [6.45, 7) is 7.95. The van der Waals surface area contributed by atoms with E-state index in [1.54, 1.807) is 0 Å². The highest BCUT2D eigenvalue weighted by molar-refractivity contribution is 4.94. The van der Waals surface area contributed by atoms with Crippen LogP contribution in [-0.2, 0) is 4.74 Å². The Hall–Kier alpha value is -0.630. The van der Waals surface area contributed by atoms with Crippen LogP contribution in [0.3, 0.4) is 0 Å². The first kappa shape index (κ1) is 10.9. The van der Waals surface area contributed by atoms with Gasteiger partial charge in [-0.15, -0.1) is 0 Å². The van der Waals surface area contributed by atoms with Crippen molar-refractivity contribution in [3.63, 3.8) is 0 Å². The van der Waals surface area contributed by atoms with Gasteiger partial charge in [-0.1, -0.05) is 0 Å². The van der Waals surface area contributed by atoms with Gasteiger partial charge in [-0.2, -0.15) is 5.26 Å². The van der Waals surface area contributed by atoms with Crippen LogP contribution in [0.4, 0.5) is 0 Å². The monoisotopic (exact) mass is 209 g/mol. The number of likely N-dealkylation sites (tertiary alicyclic amines) is 1. The van der Waals surface area contributed by atoms with Gasteiger partial charge in [0.1, 0.15) is 0 Å². The van der Waals surface area contributed by atoms with E-state index in [1.807, 2.05) is 6.92 Å². The van der Waals surface area contributed by atoms with Crippen molar-refractivity contribution in [3.8, 4) is 6.07 Å². The zero-order valence-corrected chi connectivity index (χ0v) is 9.35. The van der Waals surface area contributed by atoms with Gasteiger partial charge in [-0.3, -0.25) is 9.80 Å². The number of ether oxygens (including phenoxy) is 1. The second kappa shape index (κ2) is 4.93. The van der Waals surface area contributed by atoms with Gasteiger partial charge < -0.3 is 4.74 Å².